The monoisotopic (exact) mass is 366 g/mol. The van der Waals surface area contributed by atoms with Gasteiger partial charge in [-0.3, -0.25) is 0 Å². The van der Waals surface area contributed by atoms with Crippen molar-refractivity contribution in [3.8, 4) is 11.5 Å². The van der Waals surface area contributed by atoms with Gasteiger partial charge in [-0.15, -0.1) is 0 Å². The number of hydrogen-bond donors (Lipinski definition) is 0. The second-order valence-corrected chi connectivity index (χ2v) is 8.44. The molecule has 0 bridgehead atoms. The summed E-state index contributed by atoms with van der Waals surface area (Å²) in [5.74, 6) is 1.78. The van der Waals surface area contributed by atoms with Gasteiger partial charge >= 0.3 is 0 Å². The van der Waals surface area contributed by atoms with E-state index in [1.54, 1.807) is 0 Å². The number of rotatable bonds is 8. The fourth-order valence-corrected chi connectivity index (χ4v) is 4.00. The van der Waals surface area contributed by atoms with E-state index >= 15 is 0 Å². The van der Waals surface area contributed by atoms with Crippen LogP contribution in [-0.4, -0.2) is 26.4 Å². The lowest BCUT2D eigenvalue weighted by Crippen LogP contribution is -2.43. The Morgan fingerprint density at radius 1 is 0.667 bits per heavy atom. The minimum atomic E-state index is 0.347. The molecule has 2 aliphatic rings. The van der Waals surface area contributed by atoms with Crippen molar-refractivity contribution >= 4 is 0 Å². The van der Waals surface area contributed by atoms with E-state index < -0.39 is 0 Å². The van der Waals surface area contributed by atoms with Gasteiger partial charge in [0.2, 0.25) is 0 Å². The maximum atomic E-state index is 6.03. The molecule has 0 saturated carbocycles. The Bertz CT molecular complexity index is 664. The highest BCUT2D eigenvalue weighted by atomic mass is 16.5. The van der Waals surface area contributed by atoms with Gasteiger partial charge in [-0.1, -0.05) is 38.1 Å². The average Bonchev–Trinajstić information content (AvgIpc) is 2.64. The molecule has 0 spiro atoms. The van der Waals surface area contributed by atoms with Gasteiger partial charge < -0.3 is 14.2 Å². The van der Waals surface area contributed by atoms with Crippen molar-refractivity contribution in [2.75, 3.05) is 26.4 Å². The van der Waals surface area contributed by atoms with Gasteiger partial charge in [0.05, 0.1) is 26.4 Å². The maximum Gasteiger partial charge on any atom is 0.127 e. The molecule has 2 saturated heterocycles. The van der Waals surface area contributed by atoms with E-state index in [1.807, 2.05) is 0 Å². The van der Waals surface area contributed by atoms with Crippen LogP contribution in [0.3, 0.4) is 0 Å². The van der Waals surface area contributed by atoms with Crippen LogP contribution in [0.15, 0.2) is 48.5 Å². The molecule has 3 nitrogen and oxygen atoms in total. The number of benzene rings is 2. The lowest BCUT2D eigenvalue weighted by Gasteiger charge is -2.41. The molecule has 0 radical (unpaired) electrons. The molecule has 4 rings (SSSR count). The SMILES string of the molecule is CCC1(Cc2ccc(Oc3ccc(CC4(CC)COC4)cc3)cc2)COC1. The normalized spacial score (nSPS) is 19.8. The third-order valence-electron chi connectivity index (χ3n) is 6.37. The van der Waals surface area contributed by atoms with Crippen molar-refractivity contribution in [1.82, 2.24) is 0 Å². The van der Waals surface area contributed by atoms with Crippen molar-refractivity contribution in [3.63, 3.8) is 0 Å². The van der Waals surface area contributed by atoms with Crippen LogP contribution in [-0.2, 0) is 22.3 Å². The first kappa shape index (κ1) is 18.5. The molecule has 2 heterocycles. The van der Waals surface area contributed by atoms with Crippen LogP contribution in [0.2, 0.25) is 0 Å². The Hall–Kier alpha value is -1.84. The van der Waals surface area contributed by atoms with E-state index in [-0.39, 0.29) is 0 Å². The first-order valence-corrected chi connectivity index (χ1v) is 10.2. The molecule has 27 heavy (non-hydrogen) atoms. The molecule has 2 aromatic rings. The minimum absolute atomic E-state index is 0.347. The fraction of sp³-hybridized carbons (Fsp3) is 0.500. The van der Waals surface area contributed by atoms with E-state index in [1.165, 1.54) is 24.0 Å². The van der Waals surface area contributed by atoms with Crippen LogP contribution < -0.4 is 4.74 Å². The van der Waals surface area contributed by atoms with Gasteiger partial charge in [0.25, 0.3) is 0 Å². The summed E-state index contributed by atoms with van der Waals surface area (Å²) < 4.78 is 16.9. The highest BCUT2D eigenvalue weighted by molar-refractivity contribution is 5.35. The van der Waals surface area contributed by atoms with Gasteiger partial charge in [0.15, 0.2) is 0 Å². The molecule has 2 fully saturated rings. The molecule has 0 atom stereocenters. The van der Waals surface area contributed by atoms with Gasteiger partial charge in [0.1, 0.15) is 11.5 Å². The van der Waals surface area contributed by atoms with Crippen molar-refractivity contribution in [3.05, 3.63) is 59.7 Å². The van der Waals surface area contributed by atoms with Crippen molar-refractivity contribution in [1.29, 1.82) is 0 Å². The second-order valence-electron chi connectivity index (χ2n) is 8.44. The summed E-state index contributed by atoms with van der Waals surface area (Å²) in [7, 11) is 0. The number of hydrogen-bond acceptors (Lipinski definition) is 3. The second kappa shape index (κ2) is 7.65. The third-order valence-corrected chi connectivity index (χ3v) is 6.37. The molecule has 0 amide bonds. The van der Waals surface area contributed by atoms with Gasteiger partial charge in [-0.2, -0.15) is 0 Å². The molecule has 0 unspecified atom stereocenters. The van der Waals surface area contributed by atoms with Crippen LogP contribution in [0.25, 0.3) is 0 Å². The van der Waals surface area contributed by atoms with E-state index in [9.17, 15) is 0 Å². The smallest absolute Gasteiger partial charge is 0.127 e. The fourth-order valence-electron chi connectivity index (χ4n) is 4.00. The third kappa shape index (κ3) is 4.04. The first-order chi connectivity index (χ1) is 13.1. The zero-order valence-corrected chi connectivity index (χ0v) is 16.5. The molecule has 0 aliphatic carbocycles. The average molecular weight is 367 g/mol. The molecular formula is C24H30O3. The standard InChI is InChI=1S/C24H30O3/c1-3-23(15-25-16-23)13-19-5-9-21(10-6-19)27-22-11-7-20(8-12-22)14-24(4-2)17-26-18-24/h5-12H,3-4,13-18H2,1-2H3. The molecular weight excluding hydrogens is 336 g/mol. The zero-order valence-electron chi connectivity index (χ0n) is 16.5. The van der Waals surface area contributed by atoms with Crippen LogP contribution in [0.4, 0.5) is 0 Å². The predicted molar refractivity (Wildman–Crippen MR) is 107 cm³/mol. The minimum Gasteiger partial charge on any atom is -0.457 e. The van der Waals surface area contributed by atoms with E-state index in [0.717, 1.165) is 50.8 Å². The Labute approximate surface area is 162 Å². The molecule has 144 valence electrons. The topological polar surface area (TPSA) is 27.7 Å². The summed E-state index contributed by atoms with van der Waals surface area (Å²) in [4.78, 5) is 0. The van der Waals surface area contributed by atoms with Gasteiger partial charge in [0, 0.05) is 10.8 Å². The van der Waals surface area contributed by atoms with Crippen molar-refractivity contribution < 1.29 is 14.2 Å². The Morgan fingerprint density at radius 3 is 1.30 bits per heavy atom. The lowest BCUT2D eigenvalue weighted by molar-refractivity contribution is -0.114. The predicted octanol–water partition coefficient (Wildman–Crippen LogP) is 5.42. The molecule has 0 N–H and O–H groups in total. The quantitative estimate of drug-likeness (QED) is 0.624. The van der Waals surface area contributed by atoms with Crippen LogP contribution >= 0.6 is 0 Å². The Kier molecular flexibility index (Phi) is 5.25. The number of ether oxygens (including phenoxy) is 3. The molecule has 0 aromatic heterocycles. The van der Waals surface area contributed by atoms with E-state index in [0.29, 0.717) is 10.8 Å². The highest BCUT2D eigenvalue weighted by Gasteiger charge is 2.37. The van der Waals surface area contributed by atoms with Crippen LogP contribution in [0, 0.1) is 10.8 Å². The van der Waals surface area contributed by atoms with Crippen LogP contribution in [0.5, 0.6) is 11.5 Å². The van der Waals surface area contributed by atoms with E-state index in [4.69, 9.17) is 14.2 Å². The zero-order chi connectivity index (χ0) is 18.7. The van der Waals surface area contributed by atoms with E-state index in [2.05, 4.69) is 62.4 Å². The summed E-state index contributed by atoms with van der Waals surface area (Å²) in [6.07, 6.45) is 4.51. The Morgan fingerprint density at radius 2 is 1.04 bits per heavy atom. The largest absolute Gasteiger partial charge is 0.457 e. The van der Waals surface area contributed by atoms with Crippen molar-refractivity contribution in [2.24, 2.45) is 10.8 Å². The highest BCUT2D eigenvalue weighted by Crippen LogP contribution is 2.36. The van der Waals surface area contributed by atoms with Gasteiger partial charge in [-0.05, 0) is 61.1 Å². The summed E-state index contributed by atoms with van der Waals surface area (Å²) >= 11 is 0. The van der Waals surface area contributed by atoms with Crippen molar-refractivity contribution in [2.45, 2.75) is 39.5 Å². The molecule has 3 heteroatoms. The lowest BCUT2D eigenvalue weighted by atomic mass is 9.77. The first-order valence-electron chi connectivity index (χ1n) is 10.2. The van der Waals surface area contributed by atoms with Gasteiger partial charge in [-0.25, -0.2) is 0 Å². The van der Waals surface area contributed by atoms with Crippen LogP contribution in [0.1, 0.15) is 37.8 Å². The summed E-state index contributed by atoms with van der Waals surface area (Å²) in [5.41, 5.74) is 3.41. The molecule has 2 aliphatic heterocycles. The summed E-state index contributed by atoms with van der Waals surface area (Å²) in [5, 5.41) is 0. The Balaban J connectivity index is 1.35. The molecule has 2 aromatic carbocycles. The summed E-state index contributed by atoms with van der Waals surface area (Å²) in [6.45, 7) is 8.06. The maximum absolute atomic E-state index is 6.03. The summed E-state index contributed by atoms with van der Waals surface area (Å²) in [6, 6.07) is 17.0.